The number of amides is 1. The number of carbonyl (C=O) groups excluding carboxylic acids is 1. The van der Waals surface area contributed by atoms with Crippen molar-refractivity contribution in [3.8, 4) is 0 Å². The van der Waals surface area contributed by atoms with E-state index >= 15 is 0 Å². The lowest BCUT2D eigenvalue weighted by Crippen LogP contribution is -2.43. The first-order valence-electron chi connectivity index (χ1n) is 9.06. The lowest BCUT2D eigenvalue weighted by molar-refractivity contribution is -0.216. The van der Waals surface area contributed by atoms with Gasteiger partial charge < -0.3 is 19.7 Å². The van der Waals surface area contributed by atoms with Crippen LogP contribution in [-0.4, -0.2) is 52.3 Å². The minimum atomic E-state index is -1.25. The molecule has 2 heterocycles. The maximum atomic E-state index is 14.7. The fourth-order valence-electron chi connectivity index (χ4n) is 3.40. The Morgan fingerprint density at radius 1 is 1.30 bits per heavy atom. The molecule has 1 aromatic rings. The van der Waals surface area contributed by atoms with Gasteiger partial charge in [0.1, 0.15) is 11.8 Å². The zero-order chi connectivity index (χ0) is 19.8. The zero-order valence-corrected chi connectivity index (χ0v) is 16.8. The van der Waals surface area contributed by atoms with Crippen LogP contribution in [-0.2, 0) is 4.74 Å². The summed E-state index contributed by atoms with van der Waals surface area (Å²) >= 11 is 0. The Hall–Kier alpha value is -2.16. The Balaban J connectivity index is 1.77. The van der Waals surface area contributed by atoms with Crippen LogP contribution in [0.4, 0.5) is 25.0 Å². The topological polar surface area (TPSA) is 68.2 Å². The average molecular weight is 396 g/mol. The fourth-order valence-corrected chi connectivity index (χ4v) is 5.40. The minimum absolute atomic E-state index is 0.0288. The summed E-state index contributed by atoms with van der Waals surface area (Å²) in [4.78, 5) is 18.7. The second-order valence-electron chi connectivity index (χ2n) is 7.89. The normalized spacial score (nSPS) is 22.9. The van der Waals surface area contributed by atoms with Crippen LogP contribution < -0.4 is 14.9 Å². The first kappa shape index (κ1) is 19.6. The highest BCUT2D eigenvalue weighted by atomic mass is 28.3. The van der Waals surface area contributed by atoms with Gasteiger partial charge in [-0.15, -0.1) is 0 Å². The molecule has 0 bridgehead atoms. The Kier molecular flexibility index (Phi) is 5.41. The molecule has 3 rings (SSSR count). The van der Waals surface area contributed by atoms with E-state index in [0.717, 1.165) is 12.1 Å². The molecule has 0 aromatic heterocycles. The highest BCUT2D eigenvalue weighted by Crippen LogP contribution is 2.34. The summed E-state index contributed by atoms with van der Waals surface area (Å²) in [5, 5.41) is 10.9. The second-order valence-corrected chi connectivity index (χ2v) is 13.2. The van der Waals surface area contributed by atoms with Gasteiger partial charge in [0.25, 0.3) is 0 Å². The molecule has 9 heteroatoms. The van der Waals surface area contributed by atoms with E-state index in [9.17, 15) is 18.7 Å². The van der Waals surface area contributed by atoms with Crippen molar-refractivity contribution in [1.82, 2.24) is 0 Å². The molecule has 0 aliphatic carbocycles. The fraction of sp³-hybridized carbons (Fsp3) is 0.556. The van der Waals surface area contributed by atoms with Crippen LogP contribution >= 0.6 is 0 Å². The van der Waals surface area contributed by atoms with Crippen molar-refractivity contribution >= 4 is 31.4 Å². The Labute approximate surface area is 158 Å². The molecule has 0 spiro atoms. The van der Waals surface area contributed by atoms with E-state index in [1.54, 1.807) is 4.90 Å². The van der Waals surface area contributed by atoms with Crippen molar-refractivity contribution in [1.29, 1.82) is 0 Å². The summed E-state index contributed by atoms with van der Waals surface area (Å²) in [5.74, 6) is -1.73. The number of nitrogens with zero attached hydrogens (tertiary/aromatic N) is 3. The number of anilines is 2. The standard InChI is InChI=1S/C18H25F2N3O3Si/c1-12(24)21-10-14-11-23(18(25)26-14)13-8-15(19)17(16(20)9-13)22-4-6-27(2,3)7-5-22/h8-9,14H,4-7,10-11H2,1-3H3,(H,21,24)/p-1/t14-/m0/s1. The van der Waals surface area contributed by atoms with E-state index in [-0.39, 0.29) is 30.4 Å². The van der Waals surface area contributed by atoms with Gasteiger partial charge in [-0.1, -0.05) is 13.1 Å². The van der Waals surface area contributed by atoms with Gasteiger partial charge >= 0.3 is 6.09 Å². The van der Waals surface area contributed by atoms with Crippen LogP contribution in [0.5, 0.6) is 0 Å². The molecule has 2 saturated heterocycles. The highest BCUT2D eigenvalue weighted by molar-refractivity contribution is 6.77. The van der Waals surface area contributed by atoms with Crippen LogP contribution in [0.3, 0.4) is 0 Å². The third-order valence-electron chi connectivity index (χ3n) is 5.14. The molecular formula is C18H24F2N3O3Si-. The van der Waals surface area contributed by atoms with Crippen molar-refractivity contribution in [2.75, 3.05) is 36.0 Å². The van der Waals surface area contributed by atoms with E-state index in [1.807, 2.05) is 0 Å². The van der Waals surface area contributed by atoms with Crippen LogP contribution in [0.2, 0.25) is 25.2 Å². The van der Waals surface area contributed by atoms with Gasteiger partial charge in [-0.3, -0.25) is 4.90 Å². The predicted molar refractivity (Wildman–Crippen MR) is 101 cm³/mol. The molecule has 148 valence electrons. The van der Waals surface area contributed by atoms with E-state index in [2.05, 4.69) is 18.1 Å². The monoisotopic (exact) mass is 396 g/mol. The lowest BCUT2D eigenvalue weighted by atomic mass is 10.2. The maximum Gasteiger partial charge on any atom is 0.414 e. The number of ether oxygens (including phenoxy) is 1. The number of halogens is 2. The Bertz CT molecular complexity index is 735. The molecule has 1 aromatic carbocycles. The Morgan fingerprint density at radius 3 is 2.44 bits per heavy atom. The zero-order valence-electron chi connectivity index (χ0n) is 15.8. The van der Waals surface area contributed by atoms with Crippen LogP contribution in [0.1, 0.15) is 6.92 Å². The molecule has 1 atom stereocenters. The van der Waals surface area contributed by atoms with Crippen LogP contribution in [0.25, 0.3) is 0 Å². The number of hydrogen-bond donors (Lipinski definition) is 0. The van der Waals surface area contributed by atoms with Crippen molar-refractivity contribution in [2.45, 2.75) is 38.2 Å². The van der Waals surface area contributed by atoms with Crippen molar-refractivity contribution in [3.63, 3.8) is 0 Å². The van der Waals surface area contributed by atoms with Gasteiger partial charge in [0.2, 0.25) is 0 Å². The summed E-state index contributed by atoms with van der Waals surface area (Å²) in [5.41, 5.74) is 0.0785. The second kappa shape index (κ2) is 7.45. The molecule has 2 fully saturated rings. The van der Waals surface area contributed by atoms with Crippen molar-refractivity contribution in [2.24, 2.45) is 4.99 Å². The average Bonchev–Trinajstić information content (AvgIpc) is 2.94. The maximum absolute atomic E-state index is 14.7. The van der Waals surface area contributed by atoms with Gasteiger partial charge in [0, 0.05) is 25.2 Å². The number of cyclic esters (lactones) is 1. The highest BCUT2D eigenvalue weighted by Gasteiger charge is 2.34. The molecule has 0 saturated carbocycles. The number of aliphatic imine (C=N–C) groups is 1. The summed E-state index contributed by atoms with van der Waals surface area (Å²) in [6.45, 7) is 7.30. The summed E-state index contributed by atoms with van der Waals surface area (Å²) in [7, 11) is -1.25. The largest absolute Gasteiger partial charge is 0.862 e. The van der Waals surface area contributed by atoms with E-state index in [4.69, 9.17) is 4.74 Å². The number of carbonyl (C=O) groups is 1. The smallest absolute Gasteiger partial charge is 0.414 e. The molecule has 0 radical (unpaired) electrons. The molecule has 2 aliphatic heterocycles. The summed E-state index contributed by atoms with van der Waals surface area (Å²) in [6, 6.07) is 4.32. The molecule has 6 nitrogen and oxygen atoms in total. The van der Waals surface area contributed by atoms with Crippen molar-refractivity contribution in [3.05, 3.63) is 23.8 Å². The third-order valence-corrected chi connectivity index (χ3v) is 8.29. The number of rotatable bonds is 4. The summed E-state index contributed by atoms with van der Waals surface area (Å²) in [6.07, 6.45) is -1.31. The third kappa shape index (κ3) is 4.40. The molecule has 0 unspecified atom stereocenters. The molecule has 1 amide bonds. The number of hydrogen-bond acceptors (Lipinski definition) is 5. The number of benzene rings is 1. The van der Waals surface area contributed by atoms with E-state index < -0.39 is 31.9 Å². The van der Waals surface area contributed by atoms with Gasteiger partial charge in [0.05, 0.1) is 26.9 Å². The van der Waals surface area contributed by atoms with Gasteiger partial charge in [-0.25, -0.2) is 13.6 Å². The van der Waals surface area contributed by atoms with Gasteiger partial charge in [-0.05, 0) is 24.9 Å². The first-order chi connectivity index (χ1) is 12.7. The SMILES string of the molecule is CC([O-])=NC[C@H]1CN(c2cc(F)c(N3CC[Si](C)(C)CC3)c(F)c2)C(=O)O1. The van der Waals surface area contributed by atoms with Crippen LogP contribution in [0, 0.1) is 11.6 Å². The Morgan fingerprint density at radius 2 is 1.89 bits per heavy atom. The first-order valence-corrected chi connectivity index (χ1v) is 12.5. The predicted octanol–water partition coefficient (Wildman–Crippen LogP) is 2.60. The van der Waals surface area contributed by atoms with Gasteiger partial charge in [0.15, 0.2) is 11.6 Å². The molecule has 27 heavy (non-hydrogen) atoms. The lowest BCUT2D eigenvalue weighted by Gasteiger charge is -2.37. The quantitative estimate of drug-likeness (QED) is 0.446. The molecule has 2 aliphatic rings. The van der Waals surface area contributed by atoms with Crippen molar-refractivity contribution < 1.29 is 23.4 Å². The van der Waals surface area contributed by atoms with E-state index in [0.29, 0.717) is 13.1 Å². The van der Waals surface area contributed by atoms with Crippen LogP contribution in [0.15, 0.2) is 17.1 Å². The van der Waals surface area contributed by atoms with Gasteiger partial charge in [-0.2, -0.15) is 0 Å². The summed E-state index contributed by atoms with van der Waals surface area (Å²) < 4.78 is 34.5. The minimum Gasteiger partial charge on any atom is -0.862 e. The molecule has 0 N–H and O–H groups in total. The van der Waals surface area contributed by atoms with E-state index in [1.165, 1.54) is 24.0 Å². The molecular weight excluding hydrogens is 372 g/mol.